The number of carbonyl (C=O) groups is 1. The van der Waals surface area contributed by atoms with E-state index in [4.69, 9.17) is 23.2 Å². The van der Waals surface area contributed by atoms with Crippen LogP contribution in [0, 0.1) is 0 Å². The molecule has 0 aromatic heterocycles. The lowest BCUT2D eigenvalue weighted by molar-refractivity contribution is -0.121. The molecule has 0 bridgehead atoms. The Bertz CT molecular complexity index is 681. The van der Waals surface area contributed by atoms with E-state index in [1.54, 1.807) is 6.07 Å². The van der Waals surface area contributed by atoms with Gasteiger partial charge in [0.15, 0.2) is 0 Å². The van der Waals surface area contributed by atoms with Crippen LogP contribution in [0.3, 0.4) is 0 Å². The topological polar surface area (TPSA) is 69.7 Å². The van der Waals surface area contributed by atoms with Crippen molar-refractivity contribution in [1.29, 1.82) is 0 Å². The summed E-state index contributed by atoms with van der Waals surface area (Å²) in [5.41, 5.74) is 0.183. The first-order valence-electron chi connectivity index (χ1n) is 7.41. The second-order valence-electron chi connectivity index (χ2n) is 5.78. The molecule has 24 heavy (non-hydrogen) atoms. The molecule has 0 aliphatic heterocycles. The molecule has 0 heterocycles. The second kappa shape index (κ2) is 8.89. The van der Waals surface area contributed by atoms with E-state index in [9.17, 15) is 13.2 Å². The van der Waals surface area contributed by atoms with Crippen molar-refractivity contribution in [2.75, 3.05) is 37.7 Å². The fourth-order valence-electron chi connectivity index (χ4n) is 2.19. The van der Waals surface area contributed by atoms with Crippen LogP contribution in [0.4, 0.5) is 5.69 Å². The number of benzene rings is 1. The Labute approximate surface area is 153 Å². The molecule has 0 radical (unpaired) electrons. The van der Waals surface area contributed by atoms with Gasteiger partial charge in [0.2, 0.25) is 15.9 Å². The number of nitrogens with one attached hydrogen (secondary N) is 1. The van der Waals surface area contributed by atoms with Crippen LogP contribution in [0.15, 0.2) is 18.2 Å². The van der Waals surface area contributed by atoms with Crippen LogP contribution in [0.5, 0.6) is 0 Å². The first kappa shape index (κ1) is 21.0. The highest BCUT2D eigenvalue weighted by atomic mass is 35.5. The minimum Gasteiger partial charge on any atom is -0.354 e. The largest absolute Gasteiger partial charge is 0.354 e. The maximum absolute atomic E-state index is 12.3. The predicted molar refractivity (Wildman–Crippen MR) is 99.4 cm³/mol. The van der Waals surface area contributed by atoms with E-state index in [0.717, 1.165) is 23.5 Å². The quantitative estimate of drug-likeness (QED) is 0.685. The highest BCUT2D eigenvalue weighted by Gasteiger charge is 2.30. The molecule has 0 unspecified atom stereocenters. The lowest BCUT2D eigenvalue weighted by Gasteiger charge is -2.29. The van der Waals surface area contributed by atoms with Gasteiger partial charge in [-0.2, -0.15) is 0 Å². The third-order valence-corrected chi connectivity index (χ3v) is 5.10. The normalized spacial score (nSPS) is 13.0. The maximum atomic E-state index is 12.3. The lowest BCUT2D eigenvalue weighted by Crippen LogP contribution is -2.48. The van der Waals surface area contributed by atoms with Gasteiger partial charge >= 0.3 is 0 Å². The Hall–Kier alpha value is -1.02. The van der Waals surface area contributed by atoms with Crippen LogP contribution in [-0.4, -0.2) is 58.7 Å². The monoisotopic (exact) mass is 395 g/mol. The zero-order valence-electron chi connectivity index (χ0n) is 14.2. The zero-order valence-corrected chi connectivity index (χ0v) is 16.5. The molecule has 0 saturated heterocycles. The summed E-state index contributed by atoms with van der Waals surface area (Å²) >= 11 is 12.0. The van der Waals surface area contributed by atoms with Crippen LogP contribution >= 0.6 is 23.2 Å². The molecular weight excluding hydrogens is 373 g/mol. The van der Waals surface area contributed by atoms with Crippen LogP contribution in [0.25, 0.3) is 0 Å². The van der Waals surface area contributed by atoms with E-state index >= 15 is 0 Å². The van der Waals surface area contributed by atoms with Crippen molar-refractivity contribution in [1.82, 2.24) is 10.2 Å². The van der Waals surface area contributed by atoms with Crippen LogP contribution < -0.4 is 9.62 Å². The van der Waals surface area contributed by atoms with Crippen molar-refractivity contribution in [2.45, 2.75) is 19.4 Å². The minimum absolute atomic E-state index is 0.183. The third-order valence-electron chi connectivity index (χ3n) is 3.32. The van der Waals surface area contributed by atoms with E-state index in [2.05, 4.69) is 5.32 Å². The molecule has 0 aliphatic carbocycles. The fraction of sp³-hybridized carbons (Fsp3) is 0.533. The number of amides is 1. The number of hydrogen-bond acceptors (Lipinski definition) is 4. The number of carbonyl (C=O) groups excluding carboxylic acids is 1. The van der Waals surface area contributed by atoms with Crippen molar-refractivity contribution in [3.63, 3.8) is 0 Å². The summed E-state index contributed by atoms with van der Waals surface area (Å²) < 4.78 is 25.4. The first-order chi connectivity index (χ1) is 11.0. The number of anilines is 1. The predicted octanol–water partition coefficient (Wildman–Crippen LogP) is 2.22. The summed E-state index contributed by atoms with van der Waals surface area (Å²) in [6.45, 7) is 2.80. The first-order valence-corrected chi connectivity index (χ1v) is 10.0. The van der Waals surface area contributed by atoms with Gasteiger partial charge in [-0.3, -0.25) is 9.10 Å². The molecular formula is C15H23Cl2N3O3S. The minimum atomic E-state index is -3.72. The molecule has 0 aliphatic rings. The van der Waals surface area contributed by atoms with E-state index < -0.39 is 22.0 Å². The summed E-state index contributed by atoms with van der Waals surface area (Å²) in [6.07, 6.45) is 1.79. The molecule has 1 amide bonds. The van der Waals surface area contributed by atoms with Gasteiger partial charge in [0, 0.05) is 11.6 Å². The molecule has 136 valence electrons. The molecule has 0 fully saturated rings. The van der Waals surface area contributed by atoms with E-state index in [-0.39, 0.29) is 10.7 Å². The maximum Gasteiger partial charge on any atom is 0.243 e. The third kappa shape index (κ3) is 6.12. The van der Waals surface area contributed by atoms with Gasteiger partial charge in [0.05, 0.1) is 17.0 Å². The highest BCUT2D eigenvalue weighted by molar-refractivity contribution is 7.92. The van der Waals surface area contributed by atoms with Crippen molar-refractivity contribution in [2.24, 2.45) is 0 Å². The zero-order chi connectivity index (χ0) is 18.5. The van der Waals surface area contributed by atoms with Crippen LogP contribution in [0.1, 0.15) is 13.3 Å². The summed E-state index contributed by atoms with van der Waals surface area (Å²) in [5.74, 6) is -0.393. The number of sulfonamides is 1. The van der Waals surface area contributed by atoms with Gasteiger partial charge in [-0.05, 0) is 52.2 Å². The Morgan fingerprint density at radius 1 is 1.29 bits per heavy atom. The lowest BCUT2D eigenvalue weighted by atomic mass is 10.2. The molecule has 1 rings (SSSR count). The molecule has 1 N–H and O–H groups in total. The molecule has 1 atom stereocenters. The number of halogens is 2. The number of hydrogen-bond donors (Lipinski definition) is 1. The van der Waals surface area contributed by atoms with E-state index in [1.807, 2.05) is 19.0 Å². The van der Waals surface area contributed by atoms with Crippen LogP contribution in [-0.2, 0) is 14.8 Å². The Kier molecular flexibility index (Phi) is 7.79. The Morgan fingerprint density at radius 3 is 2.46 bits per heavy atom. The van der Waals surface area contributed by atoms with Gasteiger partial charge in [-0.1, -0.05) is 23.2 Å². The van der Waals surface area contributed by atoms with Gasteiger partial charge in [0.1, 0.15) is 6.04 Å². The SMILES string of the molecule is C[C@@H](C(=O)NCCCN(C)C)N(c1cc(Cl)ccc1Cl)S(C)(=O)=O. The van der Waals surface area contributed by atoms with Crippen molar-refractivity contribution < 1.29 is 13.2 Å². The summed E-state index contributed by atoms with van der Waals surface area (Å²) in [6, 6.07) is 3.54. The standard InChI is InChI=1S/C15H23Cl2N3O3S/c1-11(15(21)18-8-5-9-19(2)3)20(24(4,22)23)14-10-12(16)6-7-13(14)17/h6-7,10-11H,5,8-9H2,1-4H3,(H,18,21)/t11-/m0/s1. The summed E-state index contributed by atoms with van der Waals surface area (Å²) in [4.78, 5) is 14.3. The number of nitrogens with zero attached hydrogens (tertiary/aromatic N) is 2. The fourth-order valence-corrected chi connectivity index (χ4v) is 3.79. The van der Waals surface area contributed by atoms with Crippen molar-refractivity contribution in [3.8, 4) is 0 Å². The molecule has 0 spiro atoms. The summed E-state index contributed by atoms with van der Waals surface area (Å²) in [7, 11) is 0.159. The van der Waals surface area contributed by atoms with E-state index in [0.29, 0.717) is 11.6 Å². The van der Waals surface area contributed by atoms with Gasteiger partial charge in [-0.15, -0.1) is 0 Å². The van der Waals surface area contributed by atoms with Gasteiger partial charge in [0.25, 0.3) is 0 Å². The second-order valence-corrected chi connectivity index (χ2v) is 8.48. The highest BCUT2D eigenvalue weighted by Crippen LogP contribution is 2.32. The molecule has 6 nitrogen and oxygen atoms in total. The molecule has 1 aromatic carbocycles. The van der Waals surface area contributed by atoms with Gasteiger partial charge < -0.3 is 10.2 Å². The van der Waals surface area contributed by atoms with Gasteiger partial charge in [-0.25, -0.2) is 8.42 Å². The number of rotatable bonds is 8. The van der Waals surface area contributed by atoms with Crippen molar-refractivity contribution >= 4 is 44.8 Å². The van der Waals surface area contributed by atoms with Crippen LogP contribution in [0.2, 0.25) is 10.0 Å². The molecule has 0 saturated carbocycles. The Balaban J connectivity index is 2.97. The smallest absolute Gasteiger partial charge is 0.243 e. The van der Waals surface area contributed by atoms with Crippen molar-refractivity contribution in [3.05, 3.63) is 28.2 Å². The average molecular weight is 396 g/mol. The average Bonchev–Trinajstić information content (AvgIpc) is 2.45. The van der Waals surface area contributed by atoms with E-state index in [1.165, 1.54) is 19.1 Å². The Morgan fingerprint density at radius 2 is 1.92 bits per heavy atom. The molecule has 9 heteroatoms. The summed E-state index contributed by atoms with van der Waals surface area (Å²) in [5, 5.41) is 3.29. The molecule has 1 aromatic rings.